The Kier molecular flexibility index (Phi) is 4.11. The van der Waals surface area contributed by atoms with E-state index >= 15 is 0 Å². The Hall–Kier alpha value is -0.610. The summed E-state index contributed by atoms with van der Waals surface area (Å²) < 4.78 is 11.0. The van der Waals surface area contributed by atoms with E-state index in [4.69, 9.17) is 9.47 Å². The molecule has 0 aromatic rings. The highest BCUT2D eigenvalue weighted by molar-refractivity contribution is 5.66. The van der Waals surface area contributed by atoms with Crippen molar-refractivity contribution in [1.29, 1.82) is 0 Å². The van der Waals surface area contributed by atoms with E-state index in [2.05, 4.69) is 11.8 Å². The smallest absolute Gasteiger partial charge is 0.303 e. The molecule has 4 atom stereocenters. The highest BCUT2D eigenvalue weighted by atomic mass is 16.6. The maximum Gasteiger partial charge on any atom is 0.303 e. The second kappa shape index (κ2) is 4.94. The summed E-state index contributed by atoms with van der Waals surface area (Å²) >= 11 is 0. The minimum atomic E-state index is -0.239. The second-order valence-electron chi connectivity index (χ2n) is 4.49. The van der Waals surface area contributed by atoms with Crippen molar-refractivity contribution in [3.8, 4) is 0 Å². The molecule has 15 heavy (non-hydrogen) atoms. The van der Waals surface area contributed by atoms with Crippen molar-refractivity contribution in [3.05, 3.63) is 0 Å². The SMILES string of the molecule is CC(=O)OC1C(C)OC(C)CC1N(C)C. The quantitative estimate of drug-likeness (QED) is 0.645. The van der Waals surface area contributed by atoms with Gasteiger partial charge in [0.15, 0.2) is 0 Å². The first-order chi connectivity index (χ1) is 6.91. The first kappa shape index (κ1) is 12.5. The maximum absolute atomic E-state index is 11.0. The number of carbonyl (C=O) groups excluding carboxylic acids is 1. The Morgan fingerprint density at radius 2 is 2.00 bits per heavy atom. The van der Waals surface area contributed by atoms with Crippen molar-refractivity contribution in [1.82, 2.24) is 4.90 Å². The average Bonchev–Trinajstić information content (AvgIpc) is 2.08. The van der Waals surface area contributed by atoms with E-state index in [1.54, 1.807) is 0 Å². The predicted octanol–water partition coefficient (Wildman–Crippen LogP) is 1.05. The molecule has 1 saturated heterocycles. The van der Waals surface area contributed by atoms with E-state index in [1.165, 1.54) is 6.92 Å². The van der Waals surface area contributed by atoms with Gasteiger partial charge >= 0.3 is 5.97 Å². The molecule has 1 aliphatic rings. The number of hydrogen-bond donors (Lipinski definition) is 0. The molecular weight excluding hydrogens is 194 g/mol. The van der Waals surface area contributed by atoms with Crippen LogP contribution in [0.4, 0.5) is 0 Å². The predicted molar refractivity (Wildman–Crippen MR) is 57.7 cm³/mol. The molecule has 4 heteroatoms. The molecule has 1 fully saturated rings. The lowest BCUT2D eigenvalue weighted by Crippen LogP contribution is -2.53. The molecule has 88 valence electrons. The summed E-state index contributed by atoms with van der Waals surface area (Å²) in [4.78, 5) is 13.1. The summed E-state index contributed by atoms with van der Waals surface area (Å²) in [6.45, 7) is 5.45. The van der Waals surface area contributed by atoms with Gasteiger partial charge in [0.05, 0.1) is 18.2 Å². The van der Waals surface area contributed by atoms with Crippen LogP contribution in [0.5, 0.6) is 0 Å². The molecule has 0 radical (unpaired) electrons. The molecule has 1 aliphatic heterocycles. The van der Waals surface area contributed by atoms with Crippen molar-refractivity contribution in [2.45, 2.75) is 51.5 Å². The minimum absolute atomic E-state index is 0.0370. The Balaban J connectivity index is 2.73. The maximum atomic E-state index is 11.0. The van der Waals surface area contributed by atoms with Gasteiger partial charge in [0.25, 0.3) is 0 Å². The van der Waals surface area contributed by atoms with E-state index in [1.807, 2.05) is 21.0 Å². The van der Waals surface area contributed by atoms with Crippen molar-refractivity contribution < 1.29 is 14.3 Å². The number of likely N-dealkylation sites (N-methyl/N-ethyl adjacent to an activating group) is 1. The Bertz CT molecular complexity index is 230. The van der Waals surface area contributed by atoms with Crippen LogP contribution in [0.15, 0.2) is 0 Å². The summed E-state index contributed by atoms with van der Waals surface area (Å²) in [5.41, 5.74) is 0. The van der Waals surface area contributed by atoms with Gasteiger partial charge in [-0.2, -0.15) is 0 Å². The first-order valence-electron chi connectivity index (χ1n) is 5.41. The van der Waals surface area contributed by atoms with Crippen LogP contribution >= 0.6 is 0 Å². The Morgan fingerprint density at radius 3 is 2.47 bits per heavy atom. The van der Waals surface area contributed by atoms with Crippen LogP contribution in [0.2, 0.25) is 0 Å². The van der Waals surface area contributed by atoms with Crippen LogP contribution in [0.3, 0.4) is 0 Å². The zero-order valence-corrected chi connectivity index (χ0v) is 10.2. The number of ether oxygens (including phenoxy) is 2. The molecule has 1 rings (SSSR count). The number of nitrogens with zero attached hydrogens (tertiary/aromatic N) is 1. The van der Waals surface area contributed by atoms with Crippen molar-refractivity contribution in [2.24, 2.45) is 0 Å². The first-order valence-corrected chi connectivity index (χ1v) is 5.41. The number of esters is 1. The zero-order chi connectivity index (χ0) is 11.6. The summed E-state index contributed by atoms with van der Waals surface area (Å²) in [5.74, 6) is -0.239. The summed E-state index contributed by atoms with van der Waals surface area (Å²) in [5, 5.41) is 0. The van der Waals surface area contributed by atoms with Crippen molar-refractivity contribution in [3.63, 3.8) is 0 Å². The topological polar surface area (TPSA) is 38.8 Å². The van der Waals surface area contributed by atoms with E-state index in [0.717, 1.165) is 6.42 Å². The number of hydrogen-bond acceptors (Lipinski definition) is 4. The molecule has 0 aliphatic carbocycles. The monoisotopic (exact) mass is 215 g/mol. The van der Waals surface area contributed by atoms with Gasteiger partial charge in [0, 0.05) is 6.92 Å². The third kappa shape index (κ3) is 3.18. The molecule has 0 N–H and O–H groups in total. The fourth-order valence-electron chi connectivity index (χ4n) is 2.16. The normalized spacial score (nSPS) is 36.7. The van der Waals surface area contributed by atoms with Gasteiger partial charge in [-0.1, -0.05) is 0 Å². The van der Waals surface area contributed by atoms with Crippen LogP contribution in [-0.2, 0) is 14.3 Å². The molecule has 0 bridgehead atoms. The van der Waals surface area contributed by atoms with Crippen LogP contribution in [0.25, 0.3) is 0 Å². The molecule has 0 amide bonds. The Morgan fingerprint density at radius 1 is 1.40 bits per heavy atom. The molecule has 4 unspecified atom stereocenters. The van der Waals surface area contributed by atoms with E-state index in [9.17, 15) is 4.79 Å². The molecule has 0 aromatic carbocycles. The van der Waals surface area contributed by atoms with Gasteiger partial charge in [-0.05, 0) is 34.4 Å². The summed E-state index contributed by atoms with van der Waals surface area (Å²) in [6, 6.07) is 0.243. The van der Waals surface area contributed by atoms with Crippen LogP contribution in [-0.4, -0.2) is 49.3 Å². The lowest BCUT2D eigenvalue weighted by molar-refractivity contribution is -0.178. The molecule has 0 saturated carbocycles. The van der Waals surface area contributed by atoms with Crippen molar-refractivity contribution in [2.75, 3.05) is 14.1 Å². The fraction of sp³-hybridized carbons (Fsp3) is 0.909. The number of rotatable bonds is 2. The van der Waals surface area contributed by atoms with E-state index in [-0.39, 0.29) is 30.3 Å². The largest absolute Gasteiger partial charge is 0.458 e. The van der Waals surface area contributed by atoms with Gasteiger partial charge in [-0.3, -0.25) is 4.79 Å². The third-order valence-electron chi connectivity index (χ3n) is 2.83. The average molecular weight is 215 g/mol. The third-order valence-corrected chi connectivity index (χ3v) is 2.83. The van der Waals surface area contributed by atoms with Crippen LogP contribution < -0.4 is 0 Å². The Labute approximate surface area is 91.5 Å². The lowest BCUT2D eigenvalue weighted by atomic mass is 9.95. The van der Waals surface area contributed by atoms with Gasteiger partial charge < -0.3 is 14.4 Å². The van der Waals surface area contributed by atoms with Gasteiger partial charge in [0.2, 0.25) is 0 Å². The molecular formula is C11H21NO3. The van der Waals surface area contributed by atoms with Crippen molar-refractivity contribution >= 4 is 5.97 Å². The highest BCUT2D eigenvalue weighted by Gasteiger charge is 2.38. The minimum Gasteiger partial charge on any atom is -0.458 e. The zero-order valence-electron chi connectivity index (χ0n) is 10.2. The summed E-state index contributed by atoms with van der Waals surface area (Å²) in [7, 11) is 4.01. The van der Waals surface area contributed by atoms with E-state index < -0.39 is 0 Å². The molecule has 1 heterocycles. The van der Waals surface area contributed by atoms with Crippen LogP contribution in [0.1, 0.15) is 27.2 Å². The van der Waals surface area contributed by atoms with Gasteiger partial charge in [0.1, 0.15) is 6.10 Å². The molecule has 4 nitrogen and oxygen atoms in total. The van der Waals surface area contributed by atoms with E-state index in [0.29, 0.717) is 0 Å². The van der Waals surface area contributed by atoms with Gasteiger partial charge in [-0.15, -0.1) is 0 Å². The highest BCUT2D eigenvalue weighted by Crippen LogP contribution is 2.25. The van der Waals surface area contributed by atoms with Gasteiger partial charge in [-0.25, -0.2) is 0 Å². The molecule has 0 spiro atoms. The number of carbonyl (C=O) groups is 1. The summed E-state index contributed by atoms with van der Waals surface area (Å²) in [6.07, 6.45) is 0.924. The standard InChI is InChI=1S/C11H21NO3/c1-7-6-10(12(4)5)11(8(2)14-7)15-9(3)13/h7-8,10-11H,6H2,1-5H3. The lowest BCUT2D eigenvalue weighted by Gasteiger charge is -2.41. The second-order valence-corrected chi connectivity index (χ2v) is 4.49. The fourth-order valence-corrected chi connectivity index (χ4v) is 2.16. The van der Waals surface area contributed by atoms with Crippen LogP contribution in [0, 0.1) is 0 Å². The molecule has 0 aromatic heterocycles.